The van der Waals surface area contributed by atoms with Gasteiger partial charge in [0.2, 0.25) is 0 Å². The Balaban J connectivity index is 0. The Labute approximate surface area is 150 Å². The van der Waals surface area contributed by atoms with Crippen LogP contribution in [0.5, 0.6) is 0 Å². The minimum Gasteiger partial charge on any atom is -0.282 e. The summed E-state index contributed by atoms with van der Waals surface area (Å²) in [6.45, 7) is 2.26. The molecule has 0 amide bonds. The van der Waals surface area contributed by atoms with Gasteiger partial charge in [-0.3, -0.25) is 4.55 Å². The van der Waals surface area contributed by atoms with Crippen LogP contribution in [0.25, 0.3) is 0 Å². The molecule has 0 aliphatic rings. The molecular formula is C18H37ClO3S. The number of hydrogen-bond donors (Lipinski definition) is 1. The van der Waals surface area contributed by atoms with Crippen LogP contribution in [0.1, 0.15) is 103 Å². The van der Waals surface area contributed by atoms with Crippen molar-refractivity contribution in [1.82, 2.24) is 0 Å². The first-order chi connectivity index (χ1) is 10.6. The molecule has 0 radical (unpaired) electrons. The van der Waals surface area contributed by atoms with E-state index in [2.05, 4.69) is 6.92 Å². The molecule has 0 aromatic carbocycles. The van der Waals surface area contributed by atoms with Crippen molar-refractivity contribution in [3.63, 3.8) is 0 Å². The third kappa shape index (κ3) is 24.3. The Kier molecular flexibility index (Phi) is 20.0. The van der Waals surface area contributed by atoms with Gasteiger partial charge in [-0.15, -0.1) is 12.4 Å². The Morgan fingerprint density at radius 1 is 0.696 bits per heavy atom. The highest BCUT2D eigenvalue weighted by Crippen LogP contribution is 2.13. The first kappa shape index (κ1) is 25.2. The molecule has 0 unspecified atom stereocenters. The maximum atomic E-state index is 10.4. The molecule has 0 bridgehead atoms. The van der Waals surface area contributed by atoms with E-state index in [4.69, 9.17) is 4.55 Å². The Morgan fingerprint density at radius 3 is 1.39 bits per heavy atom. The lowest BCUT2D eigenvalue weighted by molar-refractivity contribution is 0.494. The molecule has 0 saturated heterocycles. The SMILES string of the molecule is CCCCCCCCCCCCCCCCC=CS(=O)(=O)O.Cl. The van der Waals surface area contributed by atoms with Gasteiger partial charge in [0.1, 0.15) is 0 Å². The molecule has 5 heteroatoms. The quantitative estimate of drug-likeness (QED) is 0.244. The molecule has 1 N–H and O–H groups in total. The lowest BCUT2D eigenvalue weighted by Crippen LogP contribution is -1.89. The Hall–Kier alpha value is -0.0600. The van der Waals surface area contributed by atoms with Crippen LogP contribution in [0, 0.1) is 0 Å². The fraction of sp³-hybridized carbons (Fsp3) is 0.889. The topological polar surface area (TPSA) is 54.4 Å². The molecule has 0 heterocycles. The Morgan fingerprint density at radius 2 is 1.04 bits per heavy atom. The largest absolute Gasteiger partial charge is 0.287 e. The van der Waals surface area contributed by atoms with Crippen molar-refractivity contribution in [2.75, 3.05) is 0 Å². The van der Waals surface area contributed by atoms with Crippen LogP contribution < -0.4 is 0 Å². The van der Waals surface area contributed by atoms with Gasteiger partial charge in [-0.1, -0.05) is 96.5 Å². The molecular weight excluding hydrogens is 332 g/mol. The fourth-order valence-corrected chi connectivity index (χ4v) is 3.03. The van der Waals surface area contributed by atoms with Crippen LogP contribution in [0.2, 0.25) is 0 Å². The molecule has 0 aromatic heterocycles. The average molecular weight is 369 g/mol. The molecule has 0 aliphatic carbocycles. The van der Waals surface area contributed by atoms with Gasteiger partial charge < -0.3 is 0 Å². The number of unbranched alkanes of at least 4 members (excludes halogenated alkanes) is 14. The van der Waals surface area contributed by atoms with E-state index < -0.39 is 10.1 Å². The van der Waals surface area contributed by atoms with Gasteiger partial charge >= 0.3 is 0 Å². The lowest BCUT2D eigenvalue weighted by Gasteiger charge is -2.02. The normalized spacial score (nSPS) is 11.7. The molecule has 0 rings (SSSR count). The third-order valence-corrected chi connectivity index (χ3v) is 4.53. The van der Waals surface area contributed by atoms with Gasteiger partial charge in [0.25, 0.3) is 10.1 Å². The van der Waals surface area contributed by atoms with E-state index in [-0.39, 0.29) is 12.4 Å². The smallest absolute Gasteiger partial charge is 0.282 e. The van der Waals surface area contributed by atoms with Crippen LogP contribution in [0.3, 0.4) is 0 Å². The van der Waals surface area contributed by atoms with Crippen LogP contribution >= 0.6 is 12.4 Å². The summed E-state index contributed by atoms with van der Waals surface area (Å²) in [5.74, 6) is 0. The summed E-state index contributed by atoms with van der Waals surface area (Å²) >= 11 is 0. The van der Waals surface area contributed by atoms with Crippen molar-refractivity contribution < 1.29 is 13.0 Å². The second-order valence-corrected chi connectivity index (χ2v) is 7.57. The monoisotopic (exact) mass is 368 g/mol. The molecule has 0 aromatic rings. The number of halogens is 1. The van der Waals surface area contributed by atoms with Gasteiger partial charge in [-0.2, -0.15) is 8.42 Å². The Bertz CT molecular complexity index is 353. The van der Waals surface area contributed by atoms with Crippen molar-refractivity contribution in [3.8, 4) is 0 Å². The van der Waals surface area contributed by atoms with Gasteiger partial charge in [-0.25, -0.2) is 0 Å². The molecule has 0 fully saturated rings. The highest BCUT2D eigenvalue weighted by Gasteiger charge is 1.95. The summed E-state index contributed by atoms with van der Waals surface area (Å²) in [6.07, 6.45) is 20.8. The van der Waals surface area contributed by atoms with E-state index in [0.717, 1.165) is 24.7 Å². The lowest BCUT2D eigenvalue weighted by atomic mass is 10.0. The summed E-state index contributed by atoms with van der Waals surface area (Å²) in [5.41, 5.74) is 0. The van der Waals surface area contributed by atoms with E-state index in [0.29, 0.717) is 0 Å². The number of allylic oxidation sites excluding steroid dienone is 1. The molecule has 0 atom stereocenters. The van der Waals surface area contributed by atoms with E-state index in [1.54, 1.807) is 0 Å². The maximum Gasteiger partial charge on any atom is 0.287 e. The summed E-state index contributed by atoms with van der Waals surface area (Å²) < 4.78 is 29.4. The second-order valence-electron chi connectivity index (χ2n) is 6.27. The number of rotatable bonds is 16. The summed E-state index contributed by atoms with van der Waals surface area (Å²) in [5, 5.41) is 0.884. The van der Waals surface area contributed by atoms with E-state index in [9.17, 15) is 8.42 Å². The van der Waals surface area contributed by atoms with Crippen molar-refractivity contribution >= 4 is 22.5 Å². The predicted octanol–water partition coefficient (Wildman–Crippen LogP) is 6.68. The zero-order chi connectivity index (χ0) is 16.5. The summed E-state index contributed by atoms with van der Waals surface area (Å²) in [6, 6.07) is 0. The molecule has 140 valence electrons. The van der Waals surface area contributed by atoms with Gasteiger partial charge in [-0.05, 0) is 12.8 Å². The zero-order valence-corrected chi connectivity index (χ0v) is 16.5. The van der Waals surface area contributed by atoms with Crippen LogP contribution in [0.4, 0.5) is 0 Å². The third-order valence-electron chi connectivity index (χ3n) is 3.99. The standard InChI is InChI=1S/C18H36O3S.ClH/c1-2-3-4-5-6-7-8-9-10-11-12-13-14-15-16-17-18-22(19,20)21;/h17-18H,2-16H2,1H3,(H,19,20,21);1H. The minimum absolute atomic E-state index is 0. The van der Waals surface area contributed by atoms with Crippen LogP contribution in [-0.4, -0.2) is 13.0 Å². The molecule has 0 spiro atoms. The fourth-order valence-electron chi connectivity index (χ4n) is 2.65. The number of hydrogen-bond acceptors (Lipinski definition) is 2. The van der Waals surface area contributed by atoms with Gasteiger partial charge in [0.15, 0.2) is 0 Å². The van der Waals surface area contributed by atoms with Gasteiger partial charge in [0, 0.05) is 0 Å². The first-order valence-corrected chi connectivity index (χ1v) is 10.7. The molecule has 0 aliphatic heterocycles. The molecule has 0 saturated carbocycles. The summed E-state index contributed by atoms with van der Waals surface area (Å²) in [4.78, 5) is 0. The van der Waals surface area contributed by atoms with Crippen LogP contribution in [-0.2, 0) is 10.1 Å². The minimum atomic E-state index is -3.92. The predicted molar refractivity (Wildman–Crippen MR) is 103 cm³/mol. The van der Waals surface area contributed by atoms with Gasteiger partial charge in [0.05, 0.1) is 5.41 Å². The molecule has 23 heavy (non-hydrogen) atoms. The van der Waals surface area contributed by atoms with Crippen LogP contribution in [0.15, 0.2) is 11.5 Å². The van der Waals surface area contributed by atoms with E-state index >= 15 is 0 Å². The second kappa shape index (κ2) is 18.3. The van der Waals surface area contributed by atoms with Crippen molar-refractivity contribution in [2.24, 2.45) is 0 Å². The van der Waals surface area contributed by atoms with E-state index in [1.165, 1.54) is 83.1 Å². The van der Waals surface area contributed by atoms with Crippen molar-refractivity contribution in [2.45, 2.75) is 103 Å². The average Bonchev–Trinajstić information content (AvgIpc) is 2.45. The molecule has 3 nitrogen and oxygen atoms in total. The first-order valence-electron chi connectivity index (χ1n) is 9.20. The van der Waals surface area contributed by atoms with Crippen molar-refractivity contribution in [3.05, 3.63) is 11.5 Å². The van der Waals surface area contributed by atoms with E-state index in [1.807, 2.05) is 0 Å². The highest BCUT2D eigenvalue weighted by molar-refractivity contribution is 7.88. The summed E-state index contributed by atoms with van der Waals surface area (Å²) in [7, 11) is -3.92. The highest BCUT2D eigenvalue weighted by atomic mass is 35.5. The zero-order valence-electron chi connectivity index (χ0n) is 14.8. The van der Waals surface area contributed by atoms with Crippen molar-refractivity contribution in [1.29, 1.82) is 0 Å². The maximum absolute atomic E-state index is 10.4.